The molecule has 3 rings (SSSR count). The number of nitrogens with zero attached hydrogens (tertiary/aromatic N) is 1. The number of urea groups is 1. The van der Waals surface area contributed by atoms with Gasteiger partial charge in [-0.15, -0.1) is 0 Å². The molecule has 1 aromatic carbocycles. The molecule has 0 aliphatic carbocycles. The first-order chi connectivity index (χ1) is 14.0. The Balaban J connectivity index is 1.50. The van der Waals surface area contributed by atoms with Crippen LogP contribution in [0.4, 0.5) is 4.79 Å². The van der Waals surface area contributed by atoms with E-state index in [-0.39, 0.29) is 50.6 Å². The molecule has 1 unspecified atom stereocenters. The molecule has 1 saturated heterocycles. The quantitative estimate of drug-likeness (QED) is 0.478. The molecule has 29 heavy (non-hydrogen) atoms. The number of aliphatic hydroxyl groups is 1. The maximum Gasteiger partial charge on any atom is 0.325 e. The lowest BCUT2D eigenvalue weighted by Gasteiger charge is -2.16. The van der Waals surface area contributed by atoms with Crippen molar-refractivity contribution in [1.82, 2.24) is 15.5 Å². The predicted molar refractivity (Wildman–Crippen MR) is 107 cm³/mol. The fraction of sp³-hybridized carbons (Fsp3) is 0.526. The van der Waals surface area contributed by atoms with Crippen LogP contribution in [0, 0.1) is 0 Å². The van der Waals surface area contributed by atoms with Crippen molar-refractivity contribution in [2.75, 3.05) is 25.4 Å². The maximum atomic E-state index is 12.6. The van der Waals surface area contributed by atoms with Gasteiger partial charge in [0.05, 0.1) is 19.2 Å². The summed E-state index contributed by atoms with van der Waals surface area (Å²) in [5, 5.41) is 14.7. The van der Waals surface area contributed by atoms with E-state index in [1.807, 2.05) is 6.26 Å². The number of ether oxygens (including phenoxy) is 2. The number of hydrogen-bond acceptors (Lipinski definition) is 7. The molecule has 4 amide bonds. The van der Waals surface area contributed by atoms with Gasteiger partial charge in [-0.25, -0.2) is 4.79 Å². The van der Waals surface area contributed by atoms with Crippen molar-refractivity contribution < 1.29 is 29.0 Å². The third-order valence-corrected chi connectivity index (χ3v) is 5.44. The molecule has 1 fully saturated rings. The number of rotatable bonds is 10. The van der Waals surface area contributed by atoms with Crippen LogP contribution in [0.3, 0.4) is 0 Å². The number of benzene rings is 1. The Morgan fingerprint density at radius 2 is 2.17 bits per heavy atom. The van der Waals surface area contributed by atoms with Gasteiger partial charge in [-0.1, -0.05) is 6.07 Å². The second kappa shape index (κ2) is 9.84. The number of aliphatic hydroxyl groups excluding tert-OH is 1. The highest BCUT2D eigenvalue weighted by molar-refractivity contribution is 7.98. The highest BCUT2D eigenvalue weighted by Crippen LogP contribution is 2.33. The van der Waals surface area contributed by atoms with Crippen LogP contribution in [-0.4, -0.2) is 65.3 Å². The van der Waals surface area contributed by atoms with Gasteiger partial charge in [-0.05, 0) is 42.5 Å². The van der Waals surface area contributed by atoms with Crippen LogP contribution < -0.4 is 20.1 Å². The number of thioether (sulfide) groups is 1. The monoisotopic (exact) mass is 423 g/mol. The van der Waals surface area contributed by atoms with Crippen LogP contribution in [0.2, 0.25) is 0 Å². The first-order valence-electron chi connectivity index (χ1n) is 9.41. The molecule has 9 nitrogen and oxygen atoms in total. The standard InChI is InChI=1S/C19H25N3O6S/c1-29-7-6-13(10-23)20-17(24)5-3-14-18(25)22(19(26)21-14)9-12-2-4-15-16(8-12)28-11-27-15/h2,4,8,13-14,23H,3,5-7,9-11H2,1H3,(H,20,24)(H,21,26)/t13-,14?/m0/s1. The van der Waals surface area contributed by atoms with Crippen LogP contribution in [0.15, 0.2) is 18.2 Å². The summed E-state index contributed by atoms with van der Waals surface area (Å²) in [6.45, 7) is 0.139. The Hall–Kier alpha value is -2.46. The average Bonchev–Trinajstić information content (AvgIpc) is 3.28. The third-order valence-electron chi connectivity index (χ3n) is 4.80. The lowest BCUT2D eigenvalue weighted by atomic mass is 10.1. The van der Waals surface area contributed by atoms with Crippen molar-refractivity contribution in [3.63, 3.8) is 0 Å². The van der Waals surface area contributed by atoms with E-state index < -0.39 is 12.1 Å². The molecule has 158 valence electrons. The smallest absolute Gasteiger partial charge is 0.325 e. The Morgan fingerprint density at radius 3 is 2.93 bits per heavy atom. The number of fused-ring (bicyclic) bond motifs is 1. The number of amides is 4. The number of imide groups is 1. The minimum Gasteiger partial charge on any atom is -0.454 e. The van der Waals surface area contributed by atoms with Crippen LogP contribution >= 0.6 is 11.8 Å². The summed E-state index contributed by atoms with van der Waals surface area (Å²) in [4.78, 5) is 38.1. The van der Waals surface area contributed by atoms with Crippen molar-refractivity contribution in [2.45, 2.75) is 37.9 Å². The molecule has 10 heteroatoms. The van der Waals surface area contributed by atoms with E-state index in [2.05, 4.69) is 10.6 Å². The molecular formula is C19H25N3O6S. The summed E-state index contributed by atoms with van der Waals surface area (Å²) >= 11 is 1.64. The summed E-state index contributed by atoms with van der Waals surface area (Å²) in [6, 6.07) is 3.75. The van der Waals surface area contributed by atoms with Gasteiger partial charge in [0, 0.05) is 6.42 Å². The molecule has 2 aliphatic heterocycles. The second-order valence-electron chi connectivity index (χ2n) is 6.88. The van der Waals surface area contributed by atoms with Gasteiger partial charge >= 0.3 is 6.03 Å². The van der Waals surface area contributed by atoms with E-state index in [0.717, 1.165) is 16.2 Å². The summed E-state index contributed by atoms with van der Waals surface area (Å²) in [6.07, 6.45) is 2.92. The SMILES string of the molecule is CSCC[C@@H](CO)NC(=O)CCC1NC(=O)N(Cc2ccc3c(c2)OCO3)C1=O. The predicted octanol–water partition coefficient (Wildman–Crippen LogP) is 0.846. The van der Waals surface area contributed by atoms with Crippen LogP contribution in [0.1, 0.15) is 24.8 Å². The zero-order valence-electron chi connectivity index (χ0n) is 16.2. The normalized spacial score (nSPS) is 18.7. The largest absolute Gasteiger partial charge is 0.454 e. The lowest BCUT2D eigenvalue weighted by molar-refractivity contribution is -0.128. The molecule has 0 radical (unpaired) electrons. The van der Waals surface area contributed by atoms with E-state index in [1.54, 1.807) is 30.0 Å². The van der Waals surface area contributed by atoms with Gasteiger partial charge in [0.25, 0.3) is 5.91 Å². The van der Waals surface area contributed by atoms with Gasteiger partial charge in [0.15, 0.2) is 11.5 Å². The van der Waals surface area contributed by atoms with Crippen LogP contribution in [0.25, 0.3) is 0 Å². The Kier molecular flexibility index (Phi) is 7.21. The van der Waals surface area contributed by atoms with Crippen LogP contribution in [0.5, 0.6) is 11.5 Å². The van der Waals surface area contributed by atoms with Crippen molar-refractivity contribution in [1.29, 1.82) is 0 Å². The highest BCUT2D eigenvalue weighted by atomic mass is 32.2. The summed E-state index contributed by atoms with van der Waals surface area (Å²) < 4.78 is 10.6. The van der Waals surface area contributed by atoms with Gasteiger partial charge in [0.1, 0.15) is 6.04 Å². The van der Waals surface area contributed by atoms with Crippen molar-refractivity contribution in [3.05, 3.63) is 23.8 Å². The summed E-state index contributed by atoms with van der Waals surface area (Å²) in [5.74, 6) is 1.44. The Bertz CT molecular complexity index is 774. The fourth-order valence-corrected chi connectivity index (χ4v) is 3.71. The Labute approximate surface area is 173 Å². The zero-order chi connectivity index (χ0) is 20.8. The maximum absolute atomic E-state index is 12.6. The van der Waals surface area contributed by atoms with Crippen LogP contribution in [-0.2, 0) is 16.1 Å². The van der Waals surface area contributed by atoms with E-state index in [0.29, 0.717) is 17.9 Å². The average molecular weight is 423 g/mol. The summed E-state index contributed by atoms with van der Waals surface area (Å²) in [5.41, 5.74) is 0.746. The third kappa shape index (κ3) is 5.33. The highest BCUT2D eigenvalue weighted by Gasteiger charge is 2.38. The first-order valence-corrected chi connectivity index (χ1v) is 10.8. The zero-order valence-corrected chi connectivity index (χ0v) is 17.0. The van der Waals surface area contributed by atoms with Crippen molar-refractivity contribution >= 4 is 29.6 Å². The molecule has 0 bridgehead atoms. The minimum absolute atomic E-state index is 0.0876. The molecule has 1 aromatic rings. The molecule has 0 saturated carbocycles. The minimum atomic E-state index is -0.735. The second-order valence-corrected chi connectivity index (χ2v) is 7.87. The number of nitrogens with one attached hydrogen (secondary N) is 2. The molecular weight excluding hydrogens is 398 g/mol. The molecule has 3 N–H and O–H groups in total. The van der Waals surface area contributed by atoms with E-state index >= 15 is 0 Å². The van der Waals surface area contributed by atoms with Gasteiger partial charge < -0.3 is 25.2 Å². The molecule has 0 aromatic heterocycles. The molecule has 0 spiro atoms. The van der Waals surface area contributed by atoms with Gasteiger partial charge in [-0.2, -0.15) is 11.8 Å². The van der Waals surface area contributed by atoms with E-state index in [9.17, 15) is 19.5 Å². The van der Waals surface area contributed by atoms with E-state index in [1.165, 1.54) is 0 Å². The Morgan fingerprint density at radius 1 is 1.38 bits per heavy atom. The van der Waals surface area contributed by atoms with Crippen molar-refractivity contribution in [3.8, 4) is 11.5 Å². The summed E-state index contributed by atoms with van der Waals surface area (Å²) in [7, 11) is 0. The van der Waals surface area contributed by atoms with E-state index in [4.69, 9.17) is 9.47 Å². The molecule has 2 atom stereocenters. The van der Waals surface area contributed by atoms with Crippen molar-refractivity contribution in [2.24, 2.45) is 0 Å². The number of carbonyl (C=O) groups excluding carboxylic acids is 3. The first kappa shape index (κ1) is 21.3. The molecule has 2 heterocycles. The number of hydrogen-bond donors (Lipinski definition) is 3. The number of carbonyl (C=O) groups is 3. The lowest BCUT2D eigenvalue weighted by Crippen LogP contribution is -2.39. The fourth-order valence-electron chi connectivity index (χ4n) is 3.19. The van der Waals surface area contributed by atoms with Gasteiger partial charge in [-0.3, -0.25) is 14.5 Å². The topological polar surface area (TPSA) is 117 Å². The van der Waals surface area contributed by atoms with Gasteiger partial charge in [0.2, 0.25) is 12.7 Å². The molecule has 2 aliphatic rings.